The minimum atomic E-state index is -0.0541. The van der Waals surface area contributed by atoms with Crippen LogP contribution in [-0.2, 0) is 0 Å². The molecular formula is C23H26N4O. The van der Waals surface area contributed by atoms with E-state index in [1.54, 1.807) is 0 Å². The number of likely N-dealkylation sites (N-methyl/N-ethyl adjacent to an activating group) is 1. The molecule has 1 aliphatic heterocycles. The molecule has 0 saturated carbocycles. The predicted octanol–water partition coefficient (Wildman–Crippen LogP) is 3.70. The molecule has 5 nitrogen and oxygen atoms in total. The number of amides is 1. The highest BCUT2D eigenvalue weighted by atomic mass is 16.1. The molecule has 2 aromatic carbocycles. The topological polar surface area (TPSA) is 48.5 Å². The zero-order chi connectivity index (χ0) is 19.3. The number of rotatable bonds is 6. The van der Waals surface area contributed by atoms with Gasteiger partial charge in [0.05, 0.1) is 11.1 Å². The molecule has 1 saturated heterocycles. The van der Waals surface area contributed by atoms with E-state index in [0.29, 0.717) is 12.1 Å². The minimum absolute atomic E-state index is 0.0541. The first kappa shape index (κ1) is 18.3. The summed E-state index contributed by atoms with van der Waals surface area (Å²) in [6.45, 7) is 3.25. The molecule has 0 atom stereocenters. The lowest BCUT2D eigenvalue weighted by atomic mass is 10.1. The summed E-state index contributed by atoms with van der Waals surface area (Å²) < 4.78 is 0. The number of hydrogen-bond acceptors (Lipinski definition) is 4. The van der Waals surface area contributed by atoms with E-state index in [9.17, 15) is 4.79 Å². The minimum Gasteiger partial charge on any atom is -0.373 e. The highest BCUT2D eigenvalue weighted by molar-refractivity contribution is 6.02. The van der Waals surface area contributed by atoms with Gasteiger partial charge in [-0.25, -0.2) is 4.98 Å². The van der Waals surface area contributed by atoms with Gasteiger partial charge in [-0.05, 0) is 37.1 Å². The summed E-state index contributed by atoms with van der Waals surface area (Å²) in [4.78, 5) is 22.2. The highest BCUT2D eigenvalue weighted by Crippen LogP contribution is 2.26. The van der Waals surface area contributed by atoms with Crippen LogP contribution in [0.5, 0.6) is 0 Å². The summed E-state index contributed by atoms with van der Waals surface area (Å²) in [5.41, 5.74) is 2.75. The third kappa shape index (κ3) is 3.93. The Hall–Kier alpha value is -3.08. The lowest BCUT2D eigenvalue weighted by Gasteiger charge is -2.22. The van der Waals surface area contributed by atoms with Crippen molar-refractivity contribution in [3.8, 4) is 0 Å². The van der Waals surface area contributed by atoms with Crippen molar-refractivity contribution in [2.75, 3.05) is 43.0 Å². The van der Waals surface area contributed by atoms with Crippen molar-refractivity contribution in [3.05, 3.63) is 66.2 Å². The van der Waals surface area contributed by atoms with Crippen molar-refractivity contribution in [1.82, 2.24) is 10.3 Å². The lowest BCUT2D eigenvalue weighted by molar-refractivity contribution is 0.0955. The van der Waals surface area contributed by atoms with E-state index in [0.717, 1.165) is 54.9 Å². The van der Waals surface area contributed by atoms with Crippen LogP contribution in [0.15, 0.2) is 60.7 Å². The van der Waals surface area contributed by atoms with Crippen molar-refractivity contribution in [3.63, 3.8) is 0 Å². The molecule has 144 valence electrons. The van der Waals surface area contributed by atoms with Crippen molar-refractivity contribution in [2.24, 2.45) is 0 Å². The number of carbonyl (C=O) groups excluding carboxylic acids is 1. The number of anilines is 2. The molecule has 0 aliphatic carbocycles. The first-order valence-corrected chi connectivity index (χ1v) is 9.91. The van der Waals surface area contributed by atoms with E-state index < -0.39 is 0 Å². The first-order valence-electron chi connectivity index (χ1n) is 9.91. The third-order valence-corrected chi connectivity index (χ3v) is 5.28. The van der Waals surface area contributed by atoms with Crippen LogP contribution in [0.2, 0.25) is 0 Å². The van der Waals surface area contributed by atoms with Crippen LogP contribution in [-0.4, -0.2) is 44.1 Å². The summed E-state index contributed by atoms with van der Waals surface area (Å²) in [5, 5.41) is 4.08. The Labute approximate surface area is 166 Å². The standard InChI is InChI=1S/C23H26N4O/c1-26(19-10-3-2-4-11-19)16-13-24-23(28)20-17-18-9-5-6-12-21(18)25-22(20)27-14-7-8-15-27/h2-6,9-12,17H,7-8,13-16H2,1H3,(H,24,28). The molecular weight excluding hydrogens is 348 g/mol. The number of nitrogens with one attached hydrogen (secondary N) is 1. The van der Waals surface area contributed by atoms with Crippen LogP contribution >= 0.6 is 0 Å². The van der Waals surface area contributed by atoms with Crippen LogP contribution in [0, 0.1) is 0 Å². The molecule has 4 rings (SSSR count). The summed E-state index contributed by atoms with van der Waals surface area (Å²) in [7, 11) is 2.04. The van der Waals surface area contributed by atoms with Gasteiger partial charge in [0, 0.05) is 44.3 Å². The summed E-state index contributed by atoms with van der Waals surface area (Å²) >= 11 is 0. The van der Waals surface area contributed by atoms with Crippen molar-refractivity contribution in [2.45, 2.75) is 12.8 Å². The number of para-hydroxylation sites is 2. The maximum absolute atomic E-state index is 13.0. The van der Waals surface area contributed by atoms with E-state index in [1.165, 1.54) is 0 Å². The maximum Gasteiger partial charge on any atom is 0.255 e. The fourth-order valence-corrected chi connectivity index (χ4v) is 3.69. The van der Waals surface area contributed by atoms with Gasteiger partial charge in [-0.3, -0.25) is 4.79 Å². The Balaban J connectivity index is 1.50. The van der Waals surface area contributed by atoms with E-state index in [-0.39, 0.29) is 5.91 Å². The SMILES string of the molecule is CN(CCNC(=O)c1cc2ccccc2nc1N1CCCC1)c1ccccc1. The van der Waals surface area contributed by atoms with Crippen molar-refractivity contribution in [1.29, 1.82) is 0 Å². The fraction of sp³-hybridized carbons (Fsp3) is 0.304. The predicted molar refractivity (Wildman–Crippen MR) is 115 cm³/mol. The average Bonchev–Trinajstić information content (AvgIpc) is 3.28. The van der Waals surface area contributed by atoms with Gasteiger partial charge in [-0.2, -0.15) is 0 Å². The summed E-state index contributed by atoms with van der Waals surface area (Å²) in [6, 6.07) is 20.2. The van der Waals surface area contributed by atoms with E-state index >= 15 is 0 Å². The van der Waals surface area contributed by atoms with Gasteiger partial charge >= 0.3 is 0 Å². The number of carbonyl (C=O) groups is 1. The number of aromatic nitrogens is 1. The molecule has 28 heavy (non-hydrogen) atoms. The summed E-state index contributed by atoms with van der Waals surface area (Å²) in [5.74, 6) is 0.756. The molecule has 0 radical (unpaired) electrons. The van der Waals surface area contributed by atoms with Crippen LogP contribution < -0.4 is 15.1 Å². The molecule has 1 N–H and O–H groups in total. The molecule has 1 aliphatic rings. The maximum atomic E-state index is 13.0. The molecule has 3 aromatic rings. The first-order chi connectivity index (χ1) is 13.7. The van der Waals surface area contributed by atoms with Gasteiger partial charge in [0.15, 0.2) is 0 Å². The van der Waals surface area contributed by atoms with Crippen LogP contribution in [0.3, 0.4) is 0 Å². The third-order valence-electron chi connectivity index (χ3n) is 5.28. The molecule has 5 heteroatoms. The second-order valence-corrected chi connectivity index (χ2v) is 7.26. The Morgan fingerprint density at radius 2 is 1.79 bits per heavy atom. The molecule has 0 bridgehead atoms. The second-order valence-electron chi connectivity index (χ2n) is 7.26. The number of benzene rings is 2. The second kappa shape index (κ2) is 8.30. The zero-order valence-corrected chi connectivity index (χ0v) is 16.3. The number of pyridine rings is 1. The highest BCUT2D eigenvalue weighted by Gasteiger charge is 2.22. The lowest BCUT2D eigenvalue weighted by Crippen LogP contribution is -2.34. The Morgan fingerprint density at radius 3 is 2.57 bits per heavy atom. The van der Waals surface area contributed by atoms with Crippen LogP contribution in [0.4, 0.5) is 11.5 Å². The van der Waals surface area contributed by atoms with Gasteiger partial charge in [0.1, 0.15) is 5.82 Å². The smallest absolute Gasteiger partial charge is 0.255 e. The van der Waals surface area contributed by atoms with Gasteiger partial charge in [0.2, 0.25) is 0 Å². The zero-order valence-electron chi connectivity index (χ0n) is 16.3. The quantitative estimate of drug-likeness (QED) is 0.715. The normalized spacial score (nSPS) is 13.7. The van der Waals surface area contributed by atoms with E-state index in [2.05, 4.69) is 27.2 Å². The van der Waals surface area contributed by atoms with Gasteiger partial charge < -0.3 is 15.1 Å². The Morgan fingerprint density at radius 1 is 1.07 bits per heavy atom. The molecule has 1 aromatic heterocycles. The molecule has 0 spiro atoms. The van der Waals surface area contributed by atoms with Crippen LogP contribution in [0.1, 0.15) is 23.2 Å². The van der Waals surface area contributed by atoms with Gasteiger partial charge in [-0.15, -0.1) is 0 Å². The summed E-state index contributed by atoms with van der Waals surface area (Å²) in [6.07, 6.45) is 2.30. The molecule has 1 amide bonds. The van der Waals surface area contributed by atoms with Crippen molar-refractivity contribution >= 4 is 28.3 Å². The monoisotopic (exact) mass is 374 g/mol. The van der Waals surface area contributed by atoms with E-state index in [1.807, 2.05) is 55.6 Å². The largest absolute Gasteiger partial charge is 0.373 e. The van der Waals surface area contributed by atoms with Gasteiger partial charge in [0.25, 0.3) is 5.91 Å². The average molecular weight is 374 g/mol. The Kier molecular flexibility index (Phi) is 5.42. The molecule has 1 fully saturated rings. The van der Waals surface area contributed by atoms with Crippen molar-refractivity contribution < 1.29 is 4.79 Å². The Bertz CT molecular complexity index is 951. The fourth-order valence-electron chi connectivity index (χ4n) is 3.69. The van der Waals surface area contributed by atoms with Gasteiger partial charge in [-0.1, -0.05) is 36.4 Å². The number of hydrogen-bond donors (Lipinski definition) is 1. The molecule has 2 heterocycles. The molecule has 0 unspecified atom stereocenters. The number of fused-ring (bicyclic) bond motifs is 1. The van der Waals surface area contributed by atoms with Crippen LogP contribution in [0.25, 0.3) is 10.9 Å². The number of nitrogens with zero attached hydrogens (tertiary/aromatic N) is 3. The van der Waals surface area contributed by atoms with E-state index in [4.69, 9.17) is 4.98 Å².